The lowest BCUT2D eigenvalue weighted by Crippen LogP contribution is -2.21. The predicted octanol–water partition coefficient (Wildman–Crippen LogP) is 3.13. The molecule has 4 aromatic rings. The molecule has 0 saturated heterocycles. The molecule has 0 saturated carbocycles. The first kappa shape index (κ1) is 19.8. The van der Waals surface area contributed by atoms with Gasteiger partial charge in [-0.05, 0) is 18.2 Å². The van der Waals surface area contributed by atoms with Gasteiger partial charge in [0, 0.05) is 36.6 Å². The zero-order valence-electron chi connectivity index (χ0n) is 14.8. The summed E-state index contributed by atoms with van der Waals surface area (Å²) >= 11 is 0. The van der Waals surface area contributed by atoms with Crippen molar-refractivity contribution in [3.8, 4) is 11.1 Å². The van der Waals surface area contributed by atoms with E-state index in [-0.39, 0.29) is 0 Å². The summed E-state index contributed by atoms with van der Waals surface area (Å²) in [6.45, 7) is 0. The Morgan fingerprint density at radius 2 is 1.93 bits per heavy atom. The quantitative estimate of drug-likeness (QED) is 0.479. The molecule has 0 aliphatic rings. The first-order valence-electron chi connectivity index (χ1n) is 8.05. The molecule has 0 aliphatic carbocycles. The number of aliphatic carboxylic acids is 1. The van der Waals surface area contributed by atoms with Crippen LogP contribution >= 0.6 is 0 Å². The van der Waals surface area contributed by atoms with Crippen molar-refractivity contribution < 1.29 is 23.1 Å². The number of hydrogen-bond donors (Lipinski definition) is 3. The van der Waals surface area contributed by atoms with Gasteiger partial charge in [0.15, 0.2) is 0 Å². The predicted molar refractivity (Wildman–Crippen MR) is 97.3 cm³/mol. The molecule has 4 aromatic heterocycles. The smallest absolute Gasteiger partial charge is 0.475 e. The molecule has 12 heteroatoms. The third-order valence-electron chi connectivity index (χ3n) is 3.58. The van der Waals surface area contributed by atoms with Gasteiger partial charge in [-0.25, -0.2) is 9.78 Å². The summed E-state index contributed by atoms with van der Waals surface area (Å²) in [6.07, 6.45) is 2.21. The van der Waals surface area contributed by atoms with Crippen LogP contribution in [0.1, 0.15) is 0 Å². The van der Waals surface area contributed by atoms with E-state index in [1.54, 1.807) is 10.9 Å². The number of alkyl halides is 3. The standard InChI is InChI=1S/C15H13N7.C2HF3O2/c1-22-9-11(8-18-22)10-6-13-12(16-7-10)2-3-14(19-13)20-15-4-5-17-21-15;3-2(4,5)1(6)7/h2-9H,1H3,(H2,17,19,20,21);(H,6,7). The lowest BCUT2D eigenvalue weighted by molar-refractivity contribution is -0.192. The summed E-state index contributed by atoms with van der Waals surface area (Å²) in [7, 11) is 1.89. The molecule has 150 valence electrons. The van der Waals surface area contributed by atoms with E-state index in [4.69, 9.17) is 9.90 Å². The van der Waals surface area contributed by atoms with Crippen molar-refractivity contribution in [2.45, 2.75) is 6.18 Å². The number of aromatic nitrogens is 6. The Hall–Kier alpha value is -3.96. The molecule has 29 heavy (non-hydrogen) atoms. The Balaban J connectivity index is 0.000000298. The molecule has 0 atom stereocenters. The molecule has 0 radical (unpaired) electrons. The second-order valence-corrected chi connectivity index (χ2v) is 5.76. The average Bonchev–Trinajstić information content (AvgIpc) is 3.32. The van der Waals surface area contributed by atoms with Crippen LogP contribution in [-0.2, 0) is 11.8 Å². The van der Waals surface area contributed by atoms with E-state index >= 15 is 0 Å². The monoisotopic (exact) mass is 405 g/mol. The molecule has 0 amide bonds. The van der Waals surface area contributed by atoms with Gasteiger partial charge in [0.1, 0.15) is 11.6 Å². The highest BCUT2D eigenvalue weighted by Gasteiger charge is 2.38. The number of carboxylic acids is 1. The summed E-state index contributed by atoms with van der Waals surface area (Å²) in [5.74, 6) is -1.22. The van der Waals surface area contributed by atoms with E-state index in [2.05, 4.69) is 30.6 Å². The van der Waals surface area contributed by atoms with Crippen molar-refractivity contribution in [2.75, 3.05) is 5.32 Å². The lowest BCUT2D eigenvalue weighted by Gasteiger charge is -2.05. The molecule has 0 unspecified atom stereocenters. The Kier molecular flexibility index (Phi) is 5.43. The molecule has 0 spiro atoms. The van der Waals surface area contributed by atoms with Crippen molar-refractivity contribution in [3.63, 3.8) is 0 Å². The van der Waals surface area contributed by atoms with Crippen LogP contribution in [0.5, 0.6) is 0 Å². The third kappa shape index (κ3) is 5.06. The van der Waals surface area contributed by atoms with Crippen LogP contribution in [0.2, 0.25) is 0 Å². The number of nitrogens with one attached hydrogen (secondary N) is 2. The maximum absolute atomic E-state index is 10.6. The van der Waals surface area contributed by atoms with Crippen LogP contribution in [-0.4, -0.2) is 47.2 Å². The number of rotatable bonds is 3. The van der Waals surface area contributed by atoms with Gasteiger partial charge in [-0.2, -0.15) is 23.4 Å². The Labute approximate surface area is 161 Å². The Morgan fingerprint density at radius 3 is 2.52 bits per heavy atom. The number of H-pyrrole nitrogens is 1. The summed E-state index contributed by atoms with van der Waals surface area (Å²) in [4.78, 5) is 17.9. The second-order valence-electron chi connectivity index (χ2n) is 5.76. The van der Waals surface area contributed by atoms with Gasteiger partial charge in [-0.15, -0.1) is 0 Å². The van der Waals surface area contributed by atoms with Crippen molar-refractivity contribution >= 4 is 28.6 Å². The first-order valence-corrected chi connectivity index (χ1v) is 8.05. The normalized spacial score (nSPS) is 11.0. The minimum absolute atomic E-state index is 0.738. The third-order valence-corrected chi connectivity index (χ3v) is 3.58. The summed E-state index contributed by atoms with van der Waals surface area (Å²) < 4.78 is 33.5. The number of carbonyl (C=O) groups is 1. The zero-order valence-corrected chi connectivity index (χ0v) is 14.8. The fraction of sp³-hybridized carbons (Fsp3) is 0.118. The molecule has 9 nitrogen and oxygen atoms in total. The molecular weight excluding hydrogens is 391 g/mol. The number of hydrogen-bond acceptors (Lipinski definition) is 6. The minimum atomic E-state index is -5.08. The van der Waals surface area contributed by atoms with Gasteiger partial charge in [0.25, 0.3) is 0 Å². The van der Waals surface area contributed by atoms with E-state index in [0.29, 0.717) is 0 Å². The lowest BCUT2D eigenvalue weighted by atomic mass is 10.1. The molecule has 4 heterocycles. The number of aromatic amines is 1. The topological polar surface area (TPSA) is 122 Å². The van der Waals surface area contributed by atoms with Gasteiger partial charge in [0.05, 0.1) is 23.4 Å². The number of carboxylic acid groups (broad SMARTS) is 1. The van der Waals surface area contributed by atoms with Crippen LogP contribution in [0.15, 0.2) is 49.1 Å². The number of nitrogens with zero attached hydrogens (tertiary/aromatic N) is 5. The maximum Gasteiger partial charge on any atom is 0.490 e. The molecule has 0 aliphatic heterocycles. The number of anilines is 2. The molecule has 0 aromatic carbocycles. The van der Waals surface area contributed by atoms with E-state index in [9.17, 15) is 13.2 Å². The molecule has 0 bridgehead atoms. The van der Waals surface area contributed by atoms with E-state index in [1.165, 1.54) is 0 Å². The van der Waals surface area contributed by atoms with E-state index in [1.807, 2.05) is 49.9 Å². The van der Waals surface area contributed by atoms with Crippen LogP contribution in [0.25, 0.3) is 22.2 Å². The maximum atomic E-state index is 10.6. The zero-order chi connectivity index (χ0) is 21.0. The van der Waals surface area contributed by atoms with Crippen molar-refractivity contribution in [1.82, 2.24) is 29.9 Å². The van der Waals surface area contributed by atoms with Crippen LogP contribution in [0.3, 0.4) is 0 Å². The van der Waals surface area contributed by atoms with Gasteiger partial charge in [-0.3, -0.25) is 14.8 Å². The fourth-order valence-corrected chi connectivity index (χ4v) is 2.27. The molecule has 3 N–H and O–H groups in total. The summed E-state index contributed by atoms with van der Waals surface area (Å²) in [6, 6.07) is 7.68. The van der Waals surface area contributed by atoms with Crippen LogP contribution in [0.4, 0.5) is 24.8 Å². The SMILES string of the molecule is Cn1cc(-c2cnc3ccc(Nc4ccn[nH]4)nc3c2)cn1.O=C(O)C(F)(F)F. The number of halogens is 3. The second kappa shape index (κ2) is 7.96. The van der Waals surface area contributed by atoms with Crippen molar-refractivity contribution in [1.29, 1.82) is 0 Å². The Bertz CT molecular complexity index is 1120. The molecule has 0 fully saturated rings. The minimum Gasteiger partial charge on any atom is -0.475 e. The average molecular weight is 405 g/mol. The molecular formula is C17H14F3N7O2. The highest BCUT2D eigenvalue weighted by Crippen LogP contribution is 2.23. The Morgan fingerprint density at radius 1 is 1.17 bits per heavy atom. The number of pyridine rings is 2. The van der Waals surface area contributed by atoms with E-state index in [0.717, 1.165) is 33.8 Å². The van der Waals surface area contributed by atoms with Crippen molar-refractivity contribution in [3.05, 3.63) is 49.1 Å². The van der Waals surface area contributed by atoms with Gasteiger partial charge in [0.2, 0.25) is 0 Å². The largest absolute Gasteiger partial charge is 0.490 e. The summed E-state index contributed by atoms with van der Waals surface area (Å²) in [5, 5.41) is 21.2. The first-order chi connectivity index (χ1) is 13.7. The van der Waals surface area contributed by atoms with Crippen molar-refractivity contribution in [2.24, 2.45) is 7.05 Å². The number of aryl methyl sites for hydroxylation is 1. The summed E-state index contributed by atoms with van der Waals surface area (Å²) in [5.41, 5.74) is 3.69. The van der Waals surface area contributed by atoms with Gasteiger partial charge >= 0.3 is 12.1 Å². The highest BCUT2D eigenvalue weighted by atomic mass is 19.4. The van der Waals surface area contributed by atoms with E-state index < -0.39 is 12.1 Å². The van der Waals surface area contributed by atoms with Gasteiger partial charge < -0.3 is 10.4 Å². The molecule has 4 rings (SSSR count). The van der Waals surface area contributed by atoms with Gasteiger partial charge in [-0.1, -0.05) is 0 Å². The fourth-order valence-electron chi connectivity index (χ4n) is 2.27. The highest BCUT2D eigenvalue weighted by molar-refractivity contribution is 5.81. The van der Waals surface area contributed by atoms with Crippen LogP contribution < -0.4 is 5.32 Å². The van der Waals surface area contributed by atoms with Crippen LogP contribution in [0, 0.1) is 0 Å². The number of fused-ring (bicyclic) bond motifs is 1.